The Kier molecular flexibility index (Phi) is 2.34. The van der Waals surface area contributed by atoms with Crippen LogP contribution < -0.4 is 0 Å². The van der Waals surface area contributed by atoms with Gasteiger partial charge in [0.15, 0.2) is 0 Å². The van der Waals surface area contributed by atoms with Crippen LogP contribution in [0.1, 0.15) is 10.4 Å². The number of aromatic nitrogens is 2. The Morgan fingerprint density at radius 3 is 2.83 bits per heavy atom. The van der Waals surface area contributed by atoms with Crippen molar-refractivity contribution in [2.45, 2.75) is 0 Å². The molecule has 3 aromatic rings. The standard InChI is InChI=1S/C14H10N2O2/c17-14(18)11-4-5-12-10(8-11)2-1-3-13(12)16-7-6-15-9-16/h1-9H,(H,17,18). The van der Waals surface area contributed by atoms with Gasteiger partial charge in [-0.2, -0.15) is 0 Å². The number of carboxylic acids is 1. The van der Waals surface area contributed by atoms with Gasteiger partial charge in [-0.1, -0.05) is 18.2 Å². The van der Waals surface area contributed by atoms with Gasteiger partial charge in [0.2, 0.25) is 0 Å². The SMILES string of the molecule is O=C(O)c1ccc2c(-n3ccnc3)cccc2c1. The summed E-state index contributed by atoms with van der Waals surface area (Å²) in [7, 11) is 0. The average Bonchev–Trinajstić information content (AvgIpc) is 2.91. The fraction of sp³-hybridized carbons (Fsp3) is 0. The van der Waals surface area contributed by atoms with Crippen LogP contribution in [0.15, 0.2) is 55.1 Å². The van der Waals surface area contributed by atoms with E-state index in [0.29, 0.717) is 5.56 Å². The van der Waals surface area contributed by atoms with Crippen LogP contribution in [0.5, 0.6) is 0 Å². The van der Waals surface area contributed by atoms with E-state index >= 15 is 0 Å². The summed E-state index contributed by atoms with van der Waals surface area (Å²) in [6.07, 6.45) is 5.30. The number of carbonyl (C=O) groups is 1. The van der Waals surface area contributed by atoms with E-state index in [1.165, 1.54) is 0 Å². The summed E-state index contributed by atoms with van der Waals surface area (Å²) in [5.41, 5.74) is 1.28. The molecule has 4 nitrogen and oxygen atoms in total. The monoisotopic (exact) mass is 238 g/mol. The molecule has 1 aromatic heterocycles. The number of imidazole rings is 1. The van der Waals surface area contributed by atoms with Crippen molar-refractivity contribution < 1.29 is 9.90 Å². The van der Waals surface area contributed by atoms with Crippen molar-refractivity contribution in [1.82, 2.24) is 9.55 Å². The Morgan fingerprint density at radius 2 is 2.11 bits per heavy atom. The summed E-state index contributed by atoms with van der Waals surface area (Å²) in [5, 5.41) is 10.9. The van der Waals surface area contributed by atoms with E-state index in [2.05, 4.69) is 4.98 Å². The maximum atomic E-state index is 10.9. The zero-order valence-electron chi connectivity index (χ0n) is 9.45. The van der Waals surface area contributed by atoms with Gasteiger partial charge in [-0.15, -0.1) is 0 Å². The van der Waals surface area contributed by atoms with Crippen molar-refractivity contribution in [1.29, 1.82) is 0 Å². The van der Waals surface area contributed by atoms with Crippen LogP contribution in [-0.2, 0) is 0 Å². The fourth-order valence-corrected chi connectivity index (χ4v) is 2.03. The van der Waals surface area contributed by atoms with Crippen LogP contribution in [0.25, 0.3) is 16.5 Å². The maximum absolute atomic E-state index is 10.9. The van der Waals surface area contributed by atoms with E-state index in [9.17, 15) is 4.79 Å². The van der Waals surface area contributed by atoms with Crippen LogP contribution in [0.4, 0.5) is 0 Å². The van der Waals surface area contributed by atoms with Crippen LogP contribution in [0.2, 0.25) is 0 Å². The van der Waals surface area contributed by atoms with Gasteiger partial charge < -0.3 is 9.67 Å². The minimum Gasteiger partial charge on any atom is -0.478 e. The Labute approximate surface area is 103 Å². The molecule has 0 aliphatic rings. The molecule has 3 rings (SSSR count). The molecule has 4 heteroatoms. The van der Waals surface area contributed by atoms with E-state index < -0.39 is 5.97 Å². The van der Waals surface area contributed by atoms with Gasteiger partial charge in [0, 0.05) is 17.8 Å². The minimum absolute atomic E-state index is 0.297. The molecule has 0 saturated carbocycles. The molecule has 0 bridgehead atoms. The fourth-order valence-electron chi connectivity index (χ4n) is 2.03. The van der Waals surface area contributed by atoms with Crippen LogP contribution in [0.3, 0.4) is 0 Å². The summed E-state index contributed by atoms with van der Waals surface area (Å²) in [5.74, 6) is -0.912. The summed E-state index contributed by atoms with van der Waals surface area (Å²) in [4.78, 5) is 15.0. The maximum Gasteiger partial charge on any atom is 0.335 e. The van der Waals surface area contributed by atoms with Crippen molar-refractivity contribution >= 4 is 16.7 Å². The molecule has 0 atom stereocenters. The number of rotatable bonds is 2. The minimum atomic E-state index is -0.912. The van der Waals surface area contributed by atoms with Crippen LogP contribution in [0, 0.1) is 0 Å². The lowest BCUT2D eigenvalue weighted by Crippen LogP contribution is -1.97. The molecular formula is C14H10N2O2. The summed E-state index contributed by atoms with van der Waals surface area (Å²) < 4.78 is 1.91. The highest BCUT2D eigenvalue weighted by Gasteiger charge is 2.06. The van der Waals surface area contributed by atoms with E-state index in [4.69, 9.17) is 5.11 Å². The molecule has 0 radical (unpaired) electrons. The summed E-state index contributed by atoms with van der Waals surface area (Å²) in [6, 6.07) is 10.9. The molecule has 2 aromatic carbocycles. The van der Waals surface area contributed by atoms with E-state index in [0.717, 1.165) is 16.5 Å². The third-order valence-electron chi connectivity index (χ3n) is 2.89. The normalized spacial score (nSPS) is 10.7. The van der Waals surface area contributed by atoms with Gasteiger partial charge in [-0.3, -0.25) is 0 Å². The number of benzene rings is 2. The first-order valence-electron chi connectivity index (χ1n) is 5.50. The van der Waals surface area contributed by atoms with E-state index in [1.54, 1.807) is 24.7 Å². The molecule has 0 amide bonds. The molecule has 0 spiro atoms. The lowest BCUT2D eigenvalue weighted by Gasteiger charge is -2.07. The van der Waals surface area contributed by atoms with Crippen molar-refractivity contribution in [2.75, 3.05) is 0 Å². The number of hydrogen-bond acceptors (Lipinski definition) is 2. The lowest BCUT2D eigenvalue weighted by molar-refractivity contribution is 0.0697. The molecular weight excluding hydrogens is 228 g/mol. The third-order valence-corrected chi connectivity index (χ3v) is 2.89. The van der Waals surface area contributed by atoms with Crippen molar-refractivity contribution in [3.8, 4) is 5.69 Å². The Hall–Kier alpha value is -2.62. The highest BCUT2D eigenvalue weighted by Crippen LogP contribution is 2.23. The van der Waals surface area contributed by atoms with Crippen molar-refractivity contribution in [2.24, 2.45) is 0 Å². The molecule has 0 fully saturated rings. The van der Waals surface area contributed by atoms with Gasteiger partial charge in [0.1, 0.15) is 0 Å². The second-order valence-corrected chi connectivity index (χ2v) is 3.99. The van der Waals surface area contributed by atoms with Crippen molar-refractivity contribution in [3.05, 3.63) is 60.7 Å². The Bertz CT molecular complexity index is 718. The number of carboxylic acid groups (broad SMARTS) is 1. The van der Waals surface area contributed by atoms with Gasteiger partial charge in [0.25, 0.3) is 0 Å². The van der Waals surface area contributed by atoms with E-state index in [-0.39, 0.29) is 0 Å². The Balaban J connectivity index is 2.26. The smallest absolute Gasteiger partial charge is 0.335 e. The quantitative estimate of drug-likeness (QED) is 0.746. The van der Waals surface area contributed by atoms with Gasteiger partial charge in [-0.25, -0.2) is 9.78 Å². The summed E-state index contributed by atoms with van der Waals surface area (Å²) >= 11 is 0. The highest BCUT2D eigenvalue weighted by molar-refractivity contribution is 5.97. The first-order chi connectivity index (χ1) is 8.75. The molecule has 18 heavy (non-hydrogen) atoms. The number of nitrogens with zero attached hydrogens (tertiary/aromatic N) is 2. The predicted octanol–water partition coefficient (Wildman–Crippen LogP) is 2.72. The lowest BCUT2D eigenvalue weighted by atomic mass is 10.1. The predicted molar refractivity (Wildman–Crippen MR) is 68.0 cm³/mol. The first-order valence-corrected chi connectivity index (χ1v) is 5.50. The van der Waals surface area contributed by atoms with Crippen LogP contribution >= 0.6 is 0 Å². The van der Waals surface area contributed by atoms with Crippen LogP contribution in [-0.4, -0.2) is 20.6 Å². The number of hydrogen-bond donors (Lipinski definition) is 1. The molecule has 88 valence electrons. The second kappa shape index (κ2) is 4.00. The second-order valence-electron chi connectivity index (χ2n) is 3.99. The Morgan fingerprint density at radius 1 is 1.22 bits per heavy atom. The summed E-state index contributed by atoms with van der Waals surface area (Å²) in [6.45, 7) is 0. The molecule has 1 heterocycles. The van der Waals surface area contributed by atoms with Gasteiger partial charge >= 0.3 is 5.97 Å². The van der Waals surface area contributed by atoms with Crippen molar-refractivity contribution in [3.63, 3.8) is 0 Å². The largest absolute Gasteiger partial charge is 0.478 e. The molecule has 0 aliphatic carbocycles. The number of fused-ring (bicyclic) bond motifs is 1. The molecule has 0 unspecified atom stereocenters. The molecule has 0 saturated heterocycles. The topological polar surface area (TPSA) is 55.1 Å². The van der Waals surface area contributed by atoms with E-state index in [1.807, 2.05) is 35.0 Å². The molecule has 0 aliphatic heterocycles. The average molecular weight is 238 g/mol. The highest BCUT2D eigenvalue weighted by atomic mass is 16.4. The third kappa shape index (κ3) is 1.64. The van der Waals surface area contributed by atoms with Gasteiger partial charge in [0.05, 0.1) is 17.6 Å². The first kappa shape index (κ1) is 10.5. The zero-order chi connectivity index (χ0) is 12.5. The molecule has 1 N–H and O–H groups in total. The zero-order valence-corrected chi connectivity index (χ0v) is 9.45. The van der Waals surface area contributed by atoms with Gasteiger partial charge in [-0.05, 0) is 23.6 Å². The number of aromatic carboxylic acids is 1.